The minimum Gasteiger partial charge on any atom is -0.349 e. The van der Waals surface area contributed by atoms with Crippen LogP contribution < -0.4 is 10.9 Å². The van der Waals surface area contributed by atoms with Crippen LogP contribution in [0.2, 0.25) is 0 Å². The molecule has 1 aromatic carbocycles. The van der Waals surface area contributed by atoms with Crippen LogP contribution in [0.3, 0.4) is 0 Å². The van der Waals surface area contributed by atoms with Crippen molar-refractivity contribution < 1.29 is 4.79 Å². The third-order valence-corrected chi connectivity index (χ3v) is 7.34. The Labute approximate surface area is 178 Å². The molecule has 2 N–H and O–H groups in total. The van der Waals surface area contributed by atoms with Crippen molar-refractivity contribution in [2.24, 2.45) is 0 Å². The summed E-state index contributed by atoms with van der Waals surface area (Å²) >= 11 is 3.12. The first kappa shape index (κ1) is 20.2. The average molecular weight is 428 g/mol. The van der Waals surface area contributed by atoms with Gasteiger partial charge in [0.15, 0.2) is 0 Å². The molecule has 1 amide bonds. The third kappa shape index (κ3) is 4.56. The fourth-order valence-corrected chi connectivity index (χ4v) is 5.87. The lowest BCUT2D eigenvalue weighted by Crippen LogP contribution is -2.30. The average Bonchev–Trinajstić information content (AvgIpc) is 3.29. The predicted molar refractivity (Wildman–Crippen MR) is 121 cm³/mol. The molecule has 0 saturated heterocycles. The van der Waals surface area contributed by atoms with Gasteiger partial charge in [-0.3, -0.25) is 9.59 Å². The Morgan fingerprint density at radius 2 is 2.14 bits per heavy atom. The van der Waals surface area contributed by atoms with Crippen LogP contribution in [-0.2, 0) is 23.4 Å². The minimum absolute atomic E-state index is 0.0100. The van der Waals surface area contributed by atoms with Crippen molar-refractivity contribution in [3.05, 3.63) is 62.5 Å². The van der Waals surface area contributed by atoms with E-state index in [0.717, 1.165) is 47.9 Å². The number of nitrogens with zero attached hydrogens (tertiary/aromatic N) is 1. The minimum atomic E-state index is -0.0402. The van der Waals surface area contributed by atoms with E-state index in [1.807, 2.05) is 18.2 Å². The zero-order valence-corrected chi connectivity index (χ0v) is 18.1. The maximum atomic E-state index is 12.5. The second kappa shape index (κ2) is 9.13. The van der Waals surface area contributed by atoms with Crippen LogP contribution in [0.5, 0.6) is 0 Å². The number of fused-ring (bicyclic) bond motifs is 3. The van der Waals surface area contributed by atoms with Gasteiger partial charge in [-0.25, -0.2) is 4.98 Å². The van der Waals surface area contributed by atoms with Crippen molar-refractivity contribution in [1.82, 2.24) is 15.3 Å². The van der Waals surface area contributed by atoms with Crippen LogP contribution in [0.25, 0.3) is 10.2 Å². The van der Waals surface area contributed by atoms with Crippen LogP contribution in [-0.4, -0.2) is 21.6 Å². The smallest absolute Gasteiger partial charge is 0.259 e. The fraction of sp³-hybridized carbons (Fsp3) is 0.409. The number of rotatable bonds is 8. The molecule has 2 aromatic heterocycles. The SMILES string of the molecule is CCCC(NC(=O)CSCc1nc2sc3c(c2c(=O)[nH]1)CCC3)c1ccccc1. The quantitative estimate of drug-likeness (QED) is 0.560. The largest absolute Gasteiger partial charge is 0.349 e. The number of carbonyl (C=O) groups excluding carboxylic acids is 1. The number of aromatic nitrogens is 2. The first-order valence-electron chi connectivity index (χ1n) is 10.1. The highest BCUT2D eigenvalue weighted by Gasteiger charge is 2.21. The van der Waals surface area contributed by atoms with Crippen molar-refractivity contribution in [3.63, 3.8) is 0 Å². The van der Waals surface area contributed by atoms with E-state index in [-0.39, 0.29) is 17.5 Å². The van der Waals surface area contributed by atoms with Gasteiger partial charge < -0.3 is 10.3 Å². The molecular formula is C22H25N3O2S2. The molecule has 7 heteroatoms. The van der Waals surface area contributed by atoms with Gasteiger partial charge in [0, 0.05) is 4.88 Å². The number of thioether (sulfide) groups is 1. The molecular weight excluding hydrogens is 402 g/mol. The lowest BCUT2D eigenvalue weighted by molar-refractivity contribution is -0.119. The number of amides is 1. The second-order valence-corrected chi connectivity index (χ2v) is 9.43. The summed E-state index contributed by atoms with van der Waals surface area (Å²) in [4.78, 5) is 34.7. The van der Waals surface area contributed by atoms with E-state index in [1.54, 1.807) is 11.3 Å². The van der Waals surface area contributed by atoms with Gasteiger partial charge in [0.1, 0.15) is 10.7 Å². The summed E-state index contributed by atoms with van der Waals surface area (Å²) in [7, 11) is 0. The van der Waals surface area contributed by atoms with Gasteiger partial charge in [-0.1, -0.05) is 43.7 Å². The third-order valence-electron chi connectivity index (χ3n) is 5.21. The Morgan fingerprint density at radius 1 is 1.31 bits per heavy atom. The summed E-state index contributed by atoms with van der Waals surface area (Å²) in [5.74, 6) is 1.52. The van der Waals surface area contributed by atoms with Gasteiger partial charge >= 0.3 is 0 Å². The molecule has 1 unspecified atom stereocenters. The number of hydrogen-bond donors (Lipinski definition) is 2. The highest BCUT2D eigenvalue weighted by molar-refractivity contribution is 7.99. The fourth-order valence-electron chi connectivity index (χ4n) is 3.89. The highest BCUT2D eigenvalue weighted by Crippen LogP contribution is 2.34. The number of nitrogens with one attached hydrogen (secondary N) is 2. The molecule has 29 heavy (non-hydrogen) atoms. The van der Waals surface area contributed by atoms with Crippen molar-refractivity contribution >= 4 is 39.2 Å². The van der Waals surface area contributed by atoms with E-state index in [4.69, 9.17) is 0 Å². The maximum Gasteiger partial charge on any atom is 0.259 e. The van der Waals surface area contributed by atoms with E-state index < -0.39 is 0 Å². The molecule has 0 aliphatic heterocycles. The van der Waals surface area contributed by atoms with Crippen LogP contribution in [0.4, 0.5) is 0 Å². The van der Waals surface area contributed by atoms with Gasteiger partial charge in [0.05, 0.1) is 22.9 Å². The molecule has 0 spiro atoms. The molecule has 1 atom stereocenters. The van der Waals surface area contributed by atoms with E-state index in [1.165, 1.54) is 22.2 Å². The number of benzene rings is 1. The molecule has 3 aromatic rings. The first-order valence-corrected chi connectivity index (χ1v) is 12.1. The summed E-state index contributed by atoms with van der Waals surface area (Å²) in [6.07, 6.45) is 5.08. The molecule has 1 aliphatic carbocycles. The number of aromatic amines is 1. The first-order chi connectivity index (χ1) is 14.2. The van der Waals surface area contributed by atoms with Gasteiger partial charge in [0.2, 0.25) is 5.91 Å². The lowest BCUT2D eigenvalue weighted by atomic mass is 10.0. The van der Waals surface area contributed by atoms with Gasteiger partial charge in [-0.05, 0) is 36.8 Å². The Bertz CT molecular complexity index is 1060. The summed E-state index contributed by atoms with van der Waals surface area (Å²) in [5.41, 5.74) is 2.29. The number of carbonyl (C=O) groups is 1. The van der Waals surface area contributed by atoms with Crippen molar-refractivity contribution in [2.75, 3.05) is 5.75 Å². The van der Waals surface area contributed by atoms with Crippen LogP contribution >= 0.6 is 23.1 Å². The zero-order chi connectivity index (χ0) is 20.2. The zero-order valence-electron chi connectivity index (χ0n) is 16.5. The van der Waals surface area contributed by atoms with Crippen LogP contribution in [0.15, 0.2) is 35.1 Å². The van der Waals surface area contributed by atoms with Crippen molar-refractivity contribution in [3.8, 4) is 0 Å². The molecule has 2 heterocycles. The Hall–Kier alpha value is -2.12. The van der Waals surface area contributed by atoms with Crippen molar-refractivity contribution in [1.29, 1.82) is 0 Å². The molecule has 0 fully saturated rings. The van der Waals surface area contributed by atoms with Crippen LogP contribution in [0, 0.1) is 0 Å². The Kier molecular flexibility index (Phi) is 6.35. The summed E-state index contributed by atoms with van der Waals surface area (Å²) in [5, 5.41) is 3.91. The highest BCUT2D eigenvalue weighted by atomic mass is 32.2. The molecule has 0 radical (unpaired) electrons. The monoisotopic (exact) mass is 427 g/mol. The Balaban J connectivity index is 1.36. The molecule has 0 saturated carbocycles. The maximum absolute atomic E-state index is 12.5. The number of thiophene rings is 1. The summed E-state index contributed by atoms with van der Waals surface area (Å²) in [6, 6.07) is 10.1. The number of hydrogen-bond acceptors (Lipinski definition) is 5. The standard InChI is InChI=1S/C22H25N3O2S2/c1-2-7-16(14-8-4-3-5-9-14)23-19(26)13-28-12-18-24-21(27)20-15-10-6-11-17(15)29-22(20)25-18/h3-5,8-9,16H,2,6-7,10-13H2,1H3,(H,23,26)(H,24,25,27). The van der Waals surface area contributed by atoms with E-state index in [9.17, 15) is 9.59 Å². The van der Waals surface area contributed by atoms with E-state index in [0.29, 0.717) is 17.3 Å². The van der Waals surface area contributed by atoms with Gasteiger partial charge in [-0.15, -0.1) is 23.1 Å². The Morgan fingerprint density at radius 3 is 2.93 bits per heavy atom. The second-order valence-electron chi connectivity index (χ2n) is 7.36. The molecule has 1 aliphatic rings. The van der Waals surface area contributed by atoms with E-state index in [2.05, 4.69) is 34.3 Å². The van der Waals surface area contributed by atoms with Crippen molar-refractivity contribution in [2.45, 2.75) is 50.8 Å². The molecule has 152 valence electrons. The normalized spacial score (nSPS) is 14.1. The van der Waals surface area contributed by atoms with Gasteiger partial charge in [0.25, 0.3) is 5.56 Å². The summed E-state index contributed by atoms with van der Waals surface area (Å²) < 4.78 is 0. The number of H-pyrrole nitrogens is 1. The predicted octanol–water partition coefficient (Wildman–Crippen LogP) is 4.36. The van der Waals surface area contributed by atoms with Crippen LogP contribution in [0.1, 0.15) is 54.1 Å². The molecule has 0 bridgehead atoms. The summed E-state index contributed by atoms with van der Waals surface area (Å²) in [6.45, 7) is 2.12. The molecule has 5 nitrogen and oxygen atoms in total. The lowest BCUT2D eigenvalue weighted by Gasteiger charge is -2.18. The molecule has 4 rings (SSSR count). The topological polar surface area (TPSA) is 74.8 Å². The van der Waals surface area contributed by atoms with Gasteiger partial charge in [-0.2, -0.15) is 0 Å². The number of aryl methyl sites for hydroxylation is 2. The van der Waals surface area contributed by atoms with E-state index >= 15 is 0 Å².